The summed E-state index contributed by atoms with van der Waals surface area (Å²) in [6, 6.07) is 8.78. The number of alkyl halides is 6. The Labute approximate surface area is 226 Å². The molecule has 0 bridgehead atoms. The van der Waals surface area contributed by atoms with E-state index in [0.29, 0.717) is 36.3 Å². The average Bonchev–Trinajstić information content (AvgIpc) is 3.10. The molecule has 2 aromatic carbocycles. The van der Waals surface area contributed by atoms with Crippen LogP contribution in [0.15, 0.2) is 42.5 Å². The van der Waals surface area contributed by atoms with Gasteiger partial charge in [-0.05, 0) is 49.9 Å². The number of nitrogens with zero attached hydrogens (tertiary/aromatic N) is 1. The number of methoxy groups -OCH3 is 1. The molecule has 0 saturated carbocycles. The van der Waals surface area contributed by atoms with Crippen LogP contribution in [-0.4, -0.2) is 54.6 Å². The lowest BCUT2D eigenvalue weighted by molar-refractivity contribution is -0.376. The molecular formula is C27H29F6NO6. The van der Waals surface area contributed by atoms with E-state index in [0.717, 1.165) is 11.0 Å². The number of ether oxygens (including phenoxy) is 3. The first-order valence-electron chi connectivity index (χ1n) is 12.4. The first kappa shape index (κ1) is 31.1. The lowest BCUT2D eigenvalue weighted by atomic mass is 9.90. The van der Waals surface area contributed by atoms with E-state index in [4.69, 9.17) is 14.2 Å². The molecule has 1 aliphatic rings. The second-order valence-corrected chi connectivity index (χ2v) is 9.39. The number of hydrogen-bond donors (Lipinski definition) is 1. The minimum atomic E-state index is -5.99. The molecule has 1 N–H and O–H groups in total. The number of imide groups is 1. The van der Waals surface area contributed by atoms with Crippen LogP contribution in [0.25, 0.3) is 0 Å². The Balaban J connectivity index is 1.66. The highest BCUT2D eigenvalue weighted by atomic mass is 19.4. The maximum Gasteiger partial charge on any atom is 0.430 e. The van der Waals surface area contributed by atoms with Crippen molar-refractivity contribution in [2.45, 2.75) is 63.1 Å². The molecule has 1 saturated heterocycles. The zero-order chi connectivity index (χ0) is 29.9. The highest BCUT2D eigenvalue weighted by Crippen LogP contribution is 2.50. The van der Waals surface area contributed by atoms with Crippen LogP contribution in [0.4, 0.5) is 31.1 Å². The lowest BCUT2D eigenvalue weighted by Crippen LogP contribution is -2.53. The quantitative estimate of drug-likeness (QED) is 0.260. The van der Waals surface area contributed by atoms with Gasteiger partial charge < -0.3 is 19.3 Å². The summed E-state index contributed by atoms with van der Waals surface area (Å²) in [7, 11) is 1.42. The molecular weight excluding hydrogens is 548 g/mol. The Bertz CT molecular complexity index is 1220. The molecule has 0 spiro atoms. The van der Waals surface area contributed by atoms with Gasteiger partial charge in [0.25, 0.3) is 11.5 Å². The van der Waals surface area contributed by atoms with Crippen molar-refractivity contribution in [2.24, 2.45) is 0 Å². The fraction of sp³-hybridized carbons (Fsp3) is 0.481. The Morgan fingerprint density at radius 2 is 1.62 bits per heavy atom. The average molecular weight is 578 g/mol. The summed E-state index contributed by atoms with van der Waals surface area (Å²) in [6.45, 7) is 3.14. The molecule has 0 aromatic heterocycles. The summed E-state index contributed by atoms with van der Waals surface area (Å²) in [6.07, 6.45) is -11.7. The van der Waals surface area contributed by atoms with Gasteiger partial charge in [-0.1, -0.05) is 37.6 Å². The van der Waals surface area contributed by atoms with Crippen molar-refractivity contribution < 1.29 is 55.2 Å². The molecule has 0 aliphatic carbocycles. The van der Waals surface area contributed by atoms with Crippen LogP contribution in [0.1, 0.15) is 49.8 Å². The maximum absolute atomic E-state index is 13.3. The van der Waals surface area contributed by atoms with Crippen LogP contribution in [0.2, 0.25) is 0 Å². The number of benzene rings is 2. The fourth-order valence-corrected chi connectivity index (χ4v) is 4.47. The van der Waals surface area contributed by atoms with Gasteiger partial charge in [0.15, 0.2) is 0 Å². The highest BCUT2D eigenvalue weighted by molar-refractivity contribution is 6.03. The first-order valence-corrected chi connectivity index (χ1v) is 12.4. The molecule has 1 heterocycles. The third kappa shape index (κ3) is 5.70. The topological polar surface area (TPSA) is 85.3 Å². The van der Waals surface area contributed by atoms with Crippen LogP contribution in [0, 0.1) is 0 Å². The summed E-state index contributed by atoms with van der Waals surface area (Å²) in [5.74, 6) is -0.137. The summed E-state index contributed by atoms with van der Waals surface area (Å²) in [4.78, 5) is 26.5. The van der Waals surface area contributed by atoms with Crippen molar-refractivity contribution in [3.05, 3.63) is 59.2 Å². The molecule has 7 nitrogen and oxygen atoms in total. The molecule has 1 fully saturated rings. The van der Waals surface area contributed by atoms with Crippen molar-refractivity contribution in [3.63, 3.8) is 0 Å². The Hall–Kier alpha value is -3.48. The minimum Gasteiger partial charge on any atom is -0.496 e. The first-order chi connectivity index (χ1) is 18.6. The Morgan fingerprint density at radius 1 is 0.975 bits per heavy atom. The van der Waals surface area contributed by atoms with E-state index in [2.05, 4.69) is 0 Å². The Morgan fingerprint density at radius 3 is 2.23 bits per heavy atom. The number of hydrogen-bond acceptors (Lipinski definition) is 6. The zero-order valence-corrected chi connectivity index (χ0v) is 22.0. The number of halogens is 6. The number of amides is 2. The number of aliphatic hydroxyl groups is 1. The molecule has 1 aliphatic heterocycles. The summed E-state index contributed by atoms with van der Waals surface area (Å²) in [5.41, 5.74) is -7.51. The van der Waals surface area contributed by atoms with E-state index in [9.17, 15) is 41.0 Å². The fourth-order valence-electron chi connectivity index (χ4n) is 4.47. The summed E-state index contributed by atoms with van der Waals surface area (Å²) in [5, 5.41) is 9.70. The smallest absolute Gasteiger partial charge is 0.430 e. The van der Waals surface area contributed by atoms with Crippen LogP contribution in [0.5, 0.6) is 11.5 Å². The SMILES string of the molecule is CCCc1cc(C(O)(C(F)(F)F)C(F)(F)F)ccc1OCCCCN1C(=O)OC(C)(c2ccccc2OC)C1=O. The maximum atomic E-state index is 13.3. The molecule has 1 atom stereocenters. The van der Waals surface area contributed by atoms with Crippen molar-refractivity contribution in [2.75, 3.05) is 20.3 Å². The standard InChI is InChI=1S/C27H29F6NO6/c1-4-9-17-16-18(25(37,26(28,29)30)27(31,32)33)12-13-20(17)39-15-8-7-14-34-22(35)24(2,40-23(34)36)19-10-5-6-11-21(19)38-3/h5-6,10-13,16,37H,4,7-9,14-15H2,1-3H3. The van der Waals surface area contributed by atoms with Gasteiger partial charge in [-0.15, -0.1) is 0 Å². The third-order valence-electron chi connectivity index (χ3n) is 6.64. The van der Waals surface area contributed by atoms with E-state index in [1.54, 1.807) is 31.2 Å². The molecule has 2 amide bonds. The second kappa shape index (κ2) is 11.6. The van der Waals surface area contributed by atoms with E-state index < -0.39 is 41.1 Å². The van der Waals surface area contributed by atoms with Gasteiger partial charge in [0.05, 0.1) is 13.7 Å². The number of unbranched alkanes of at least 4 members (excludes halogenated alkanes) is 1. The van der Waals surface area contributed by atoms with E-state index in [-0.39, 0.29) is 37.3 Å². The predicted molar refractivity (Wildman–Crippen MR) is 130 cm³/mol. The van der Waals surface area contributed by atoms with Gasteiger partial charge in [-0.3, -0.25) is 4.79 Å². The molecule has 40 heavy (non-hydrogen) atoms. The molecule has 0 radical (unpaired) electrons. The van der Waals surface area contributed by atoms with E-state index in [1.807, 2.05) is 0 Å². The highest BCUT2D eigenvalue weighted by Gasteiger charge is 2.71. The van der Waals surface area contributed by atoms with E-state index in [1.165, 1.54) is 14.0 Å². The molecule has 1 unspecified atom stereocenters. The predicted octanol–water partition coefficient (Wildman–Crippen LogP) is 6.01. The zero-order valence-electron chi connectivity index (χ0n) is 22.0. The summed E-state index contributed by atoms with van der Waals surface area (Å²) >= 11 is 0. The van der Waals surface area contributed by atoms with Crippen molar-refractivity contribution in [1.82, 2.24) is 4.90 Å². The summed E-state index contributed by atoms with van der Waals surface area (Å²) < 4.78 is 96.0. The van der Waals surface area contributed by atoms with Crippen LogP contribution < -0.4 is 9.47 Å². The van der Waals surface area contributed by atoms with Crippen molar-refractivity contribution in [1.29, 1.82) is 0 Å². The number of para-hydroxylation sites is 1. The Kier molecular flexibility index (Phi) is 8.97. The van der Waals surface area contributed by atoms with Gasteiger partial charge in [0.1, 0.15) is 11.5 Å². The largest absolute Gasteiger partial charge is 0.496 e. The number of carbonyl (C=O) groups excluding carboxylic acids is 2. The van der Waals surface area contributed by atoms with Gasteiger partial charge in [0.2, 0.25) is 5.60 Å². The van der Waals surface area contributed by atoms with Crippen LogP contribution in [0.3, 0.4) is 0 Å². The number of rotatable bonds is 11. The van der Waals surface area contributed by atoms with E-state index >= 15 is 0 Å². The number of aryl methyl sites for hydroxylation is 1. The monoisotopic (exact) mass is 577 g/mol. The number of carbonyl (C=O) groups is 2. The number of cyclic esters (lactones) is 1. The molecule has 3 rings (SSSR count). The van der Waals surface area contributed by atoms with Gasteiger partial charge in [0, 0.05) is 17.7 Å². The van der Waals surface area contributed by atoms with Gasteiger partial charge in [-0.25, -0.2) is 9.69 Å². The molecule has 2 aromatic rings. The van der Waals surface area contributed by atoms with Gasteiger partial charge in [-0.2, -0.15) is 26.3 Å². The third-order valence-corrected chi connectivity index (χ3v) is 6.64. The lowest BCUT2D eigenvalue weighted by Gasteiger charge is -2.33. The normalized spacial score (nSPS) is 18.2. The van der Waals surface area contributed by atoms with Gasteiger partial charge >= 0.3 is 18.4 Å². The van der Waals surface area contributed by atoms with Crippen molar-refractivity contribution >= 4 is 12.0 Å². The second-order valence-electron chi connectivity index (χ2n) is 9.39. The molecule has 220 valence electrons. The minimum absolute atomic E-state index is 0.000273. The van der Waals surface area contributed by atoms with Crippen LogP contribution in [-0.2, 0) is 27.2 Å². The van der Waals surface area contributed by atoms with Crippen molar-refractivity contribution in [3.8, 4) is 11.5 Å². The van der Waals surface area contributed by atoms with Crippen LogP contribution >= 0.6 is 0 Å². The molecule has 13 heteroatoms.